The van der Waals surface area contributed by atoms with Crippen molar-refractivity contribution in [3.8, 4) is 17.2 Å². The number of methoxy groups -OCH3 is 1. The average molecular weight is 493 g/mol. The van der Waals surface area contributed by atoms with Gasteiger partial charge in [-0.3, -0.25) is 0 Å². The Hall–Kier alpha value is -2.53. The number of halogens is 1. The summed E-state index contributed by atoms with van der Waals surface area (Å²) in [4.78, 5) is 5.26. The van der Waals surface area contributed by atoms with Crippen molar-refractivity contribution in [1.82, 2.24) is 4.90 Å². The van der Waals surface area contributed by atoms with Gasteiger partial charge >= 0.3 is 0 Å². The third-order valence-corrected chi connectivity index (χ3v) is 9.19. The van der Waals surface area contributed by atoms with Gasteiger partial charge in [0.05, 0.1) is 18.8 Å². The lowest BCUT2D eigenvalue weighted by molar-refractivity contribution is 0.174. The van der Waals surface area contributed by atoms with Gasteiger partial charge in [-0.2, -0.15) is 0 Å². The normalized spacial score (nSPS) is 23.6. The fourth-order valence-corrected chi connectivity index (χ4v) is 7.26. The first-order chi connectivity index (χ1) is 17.2. The van der Waals surface area contributed by atoms with Crippen LogP contribution in [-0.2, 0) is 6.42 Å². The number of piperidine rings is 1. The molecular weight excluding hydrogens is 460 g/mol. The fraction of sp³-hybridized carbons (Fsp3) is 0.517. The Morgan fingerprint density at radius 1 is 0.971 bits per heavy atom. The van der Waals surface area contributed by atoms with Gasteiger partial charge in [-0.05, 0) is 73.4 Å². The Labute approximate surface area is 212 Å². The maximum Gasteiger partial charge on any atom is 0.231 e. The topological polar surface area (TPSA) is 34.2 Å². The summed E-state index contributed by atoms with van der Waals surface area (Å²) in [5, 5.41) is 0.278. The Morgan fingerprint density at radius 3 is 2.51 bits per heavy atom. The van der Waals surface area contributed by atoms with Gasteiger partial charge in [0.1, 0.15) is 5.75 Å². The van der Waals surface area contributed by atoms with Crippen molar-refractivity contribution in [2.45, 2.75) is 56.4 Å². The van der Waals surface area contributed by atoms with E-state index in [1.54, 1.807) is 0 Å². The highest BCUT2D eigenvalue weighted by Gasteiger charge is 2.42. The number of benzene rings is 2. The van der Waals surface area contributed by atoms with Gasteiger partial charge in [0.2, 0.25) is 6.79 Å². The molecule has 5 nitrogen and oxygen atoms in total. The summed E-state index contributed by atoms with van der Waals surface area (Å²) in [5.74, 6) is 3.41. The van der Waals surface area contributed by atoms with Gasteiger partial charge in [0, 0.05) is 41.8 Å². The molecule has 2 aromatic carbocycles. The number of alkyl halides is 1. The number of rotatable bonds is 3. The molecule has 1 atom stereocenters. The van der Waals surface area contributed by atoms with Crippen LogP contribution in [0.3, 0.4) is 0 Å². The van der Waals surface area contributed by atoms with Crippen molar-refractivity contribution in [3.05, 3.63) is 46.5 Å². The molecule has 7 rings (SSSR count). The van der Waals surface area contributed by atoms with E-state index in [9.17, 15) is 0 Å². The molecule has 0 aromatic heterocycles. The van der Waals surface area contributed by atoms with Crippen molar-refractivity contribution in [3.63, 3.8) is 0 Å². The third-order valence-electron chi connectivity index (χ3n) is 8.75. The molecule has 1 aliphatic carbocycles. The van der Waals surface area contributed by atoms with Gasteiger partial charge in [-0.1, -0.05) is 18.9 Å². The molecule has 6 heteroatoms. The van der Waals surface area contributed by atoms with Crippen LogP contribution in [0.15, 0.2) is 24.3 Å². The average Bonchev–Trinajstić information content (AvgIpc) is 3.58. The van der Waals surface area contributed by atoms with Crippen LogP contribution in [0, 0.1) is 5.92 Å². The second-order valence-electron chi connectivity index (χ2n) is 10.6. The van der Waals surface area contributed by atoms with Crippen LogP contribution in [0.5, 0.6) is 17.2 Å². The summed E-state index contributed by atoms with van der Waals surface area (Å²) >= 11 is 6.50. The summed E-state index contributed by atoms with van der Waals surface area (Å²) in [5.41, 5.74) is 8.11. The van der Waals surface area contributed by atoms with Crippen LogP contribution in [-0.4, -0.2) is 43.8 Å². The van der Waals surface area contributed by atoms with E-state index >= 15 is 0 Å². The molecule has 2 aromatic rings. The largest absolute Gasteiger partial charge is 0.495 e. The van der Waals surface area contributed by atoms with Crippen LogP contribution in [0.25, 0.3) is 11.8 Å². The van der Waals surface area contributed by atoms with E-state index in [0.29, 0.717) is 18.8 Å². The number of hydrogen-bond donors (Lipinski definition) is 0. The molecule has 5 aliphatic rings. The van der Waals surface area contributed by atoms with E-state index in [-0.39, 0.29) is 5.38 Å². The van der Waals surface area contributed by atoms with Crippen molar-refractivity contribution < 1.29 is 14.2 Å². The van der Waals surface area contributed by atoms with Crippen LogP contribution in [0.4, 0.5) is 5.69 Å². The zero-order chi connectivity index (χ0) is 23.5. The van der Waals surface area contributed by atoms with Crippen molar-refractivity contribution in [2.24, 2.45) is 5.92 Å². The Kier molecular flexibility index (Phi) is 5.31. The monoisotopic (exact) mass is 492 g/mol. The van der Waals surface area contributed by atoms with Gasteiger partial charge in [0.15, 0.2) is 11.5 Å². The SMILES string of the molecule is COc1ccc2c(c1N1CCC(Cl)CC1)[C@@H](C1CCCC1)N1CCc3cc4c(cc3C1=C2)OCO4. The van der Waals surface area contributed by atoms with Crippen molar-refractivity contribution >= 4 is 29.1 Å². The summed E-state index contributed by atoms with van der Waals surface area (Å²) in [6.07, 6.45) is 10.7. The molecule has 1 saturated heterocycles. The highest BCUT2D eigenvalue weighted by atomic mass is 35.5. The Morgan fingerprint density at radius 2 is 1.74 bits per heavy atom. The number of ether oxygens (including phenoxy) is 3. The molecule has 0 amide bonds. The number of nitrogens with zero attached hydrogens (tertiary/aromatic N) is 2. The summed E-state index contributed by atoms with van der Waals surface area (Å²) < 4.78 is 17.5. The Balaban J connectivity index is 1.41. The molecule has 1 saturated carbocycles. The molecule has 184 valence electrons. The second kappa shape index (κ2) is 8.55. The molecule has 0 unspecified atom stereocenters. The molecule has 2 fully saturated rings. The molecule has 4 heterocycles. The maximum absolute atomic E-state index is 6.50. The predicted octanol–water partition coefficient (Wildman–Crippen LogP) is 6.23. The minimum atomic E-state index is 0.278. The first kappa shape index (κ1) is 21.7. The first-order valence-electron chi connectivity index (χ1n) is 13.2. The quantitative estimate of drug-likeness (QED) is 0.474. The molecule has 0 bridgehead atoms. The van der Waals surface area contributed by atoms with E-state index in [2.05, 4.69) is 40.1 Å². The molecule has 0 radical (unpaired) electrons. The highest BCUT2D eigenvalue weighted by molar-refractivity contribution is 6.20. The van der Waals surface area contributed by atoms with Gasteiger partial charge < -0.3 is 24.0 Å². The third kappa shape index (κ3) is 3.49. The first-order valence-corrected chi connectivity index (χ1v) is 13.7. The maximum atomic E-state index is 6.50. The minimum Gasteiger partial charge on any atom is -0.495 e. The Bertz CT molecular complexity index is 1180. The van der Waals surface area contributed by atoms with E-state index in [1.165, 1.54) is 59.3 Å². The van der Waals surface area contributed by atoms with Crippen molar-refractivity contribution in [1.29, 1.82) is 0 Å². The molecule has 4 aliphatic heterocycles. The lowest BCUT2D eigenvalue weighted by atomic mass is 9.79. The van der Waals surface area contributed by atoms with Crippen LogP contribution in [0.1, 0.15) is 66.8 Å². The number of anilines is 1. The summed E-state index contributed by atoms with van der Waals surface area (Å²) in [6, 6.07) is 9.22. The number of hydrogen-bond acceptors (Lipinski definition) is 5. The van der Waals surface area contributed by atoms with E-state index in [4.69, 9.17) is 25.8 Å². The van der Waals surface area contributed by atoms with Gasteiger partial charge in [-0.15, -0.1) is 11.6 Å². The van der Waals surface area contributed by atoms with Crippen LogP contribution < -0.4 is 19.1 Å². The van der Waals surface area contributed by atoms with Gasteiger partial charge in [-0.25, -0.2) is 0 Å². The lowest BCUT2D eigenvalue weighted by Gasteiger charge is -2.47. The molecule has 35 heavy (non-hydrogen) atoms. The molecule has 0 spiro atoms. The predicted molar refractivity (Wildman–Crippen MR) is 140 cm³/mol. The fourth-order valence-electron chi connectivity index (χ4n) is 7.06. The highest BCUT2D eigenvalue weighted by Crippen LogP contribution is 2.54. The van der Waals surface area contributed by atoms with Crippen LogP contribution >= 0.6 is 11.6 Å². The zero-order valence-corrected chi connectivity index (χ0v) is 21.2. The van der Waals surface area contributed by atoms with Crippen LogP contribution in [0.2, 0.25) is 0 Å². The van der Waals surface area contributed by atoms with Crippen molar-refractivity contribution in [2.75, 3.05) is 38.4 Å². The minimum absolute atomic E-state index is 0.278. The number of fused-ring (bicyclic) bond motifs is 5. The smallest absolute Gasteiger partial charge is 0.231 e. The van der Waals surface area contributed by atoms with E-state index in [1.807, 2.05) is 7.11 Å². The zero-order valence-electron chi connectivity index (χ0n) is 20.4. The van der Waals surface area contributed by atoms with Gasteiger partial charge in [0.25, 0.3) is 0 Å². The van der Waals surface area contributed by atoms with E-state index in [0.717, 1.165) is 56.1 Å². The van der Waals surface area contributed by atoms with E-state index < -0.39 is 0 Å². The molecule has 0 N–H and O–H groups in total. The summed E-state index contributed by atoms with van der Waals surface area (Å²) in [6.45, 7) is 3.32. The molecular formula is C29H33ClN2O3. The second-order valence-corrected chi connectivity index (χ2v) is 11.2. The standard InChI is InChI=1S/C29H33ClN2O3/c1-33-24-7-6-20-14-23-22-16-26-25(34-17-35-26)15-19(22)8-13-32(23)28(18-4-2-3-5-18)27(20)29(24)31-11-9-21(30)10-12-31/h6-7,14-16,18,21,28H,2-5,8-13,17H2,1H3/t28-/m1/s1. The summed E-state index contributed by atoms with van der Waals surface area (Å²) in [7, 11) is 1.81. The lowest BCUT2D eigenvalue weighted by Crippen LogP contribution is -2.41.